The van der Waals surface area contributed by atoms with Gasteiger partial charge in [-0.2, -0.15) is 13.2 Å². The Morgan fingerprint density at radius 3 is 2.53 bits per heavy atom. The van der Waals surface area contributed by atoms with E-state index < -0.39 is 29.6 Å². The van der Waals surface area contributed by atoms with Gasteiger partial charge in [0.25, 0.3) is 0 Å². The van der Waals surface area contributed by atoms with Crippen molar-refractivity contribution in [2.45, 2.75) is 45.8 Å². The maximum absolute atomic E-state index is 13.0. The third-order valence-corrected chi connectivity index (χ3v) is 2.56. The van der Waals surface area contributed by atoms with Crippen molar-refractivity contribution in [3.8, 4) is 0 Å². The first-order valence-electron chi connectivity index (χ1n) is 6.02. The molecule has 0 spiro atoms. The lowest BCUT2D eigenvalue weighted by atomic mass is 10.2. The number of esters is 1. The molecule has 0 aliphatic carbocycles. The fourth-order valence-corrected chi connectivity index (χ4v) is 1.74. The van der Waals surface area contributed by atoms with Gasteiger partial charge < -0.3 is 4.74 Å². The summed E-state index contributed by atoms with van der Waals surface area (Å²) in [4.78, 5) is 11.5. The molecule has 19 heavy (non-hydrogen) atoms. The minimum atomic E-state index is -4.70. The summed E-state index contributed by atoms with van der Waals surface area (Å²) < 4.78 is 44.4. The SMILES string of the molecule is CCCC(C)n1nnc(C(=O)OCC)c1C(F)(F)F. The van der Waals surface area contributed by atoms with Gasteiger partial charge in [0.1, 0.15) is 0 Å². The van der Waals surface area contributed by atoms with Gasteiger partial charge >= 0.3 is 12.1 Å². The first-order valence-corrected chi connectivity index (χ1v) is 6.02. The maximum atomic E-state index is 13.0. The minimum absolute atomic E-state index is 0.0203. The molecule has 1 aromatic heterocycles. The van der Waals surface area contributed by atoms with Crippen LogP contribution in [0.2, 0.25) is 0 Å². The smallest absolute Gasteiger partial charge is 0.435 e. The standard InChI is InChI=1S/C11H16F3N3O2/c1-4-6-7(3)17-9(11(12,13)14)8(15-16-17)10(18)19-5-2/h7H,4-6H2,1-3H3. The molecule has 1 heterocycles. The van der Waals surface area contributed by atoms with Crippen molar-refractivity contribution in [1.82, 2.24) is 15.0 Å². The molecule has 0 saturated carbocycles. The van der Waals surface area contributed by atoms with Gasteiger partial charge in [0.2, 0.25) is 5.69 Å². The normalized spacial score (nSPS) is 13.4. The van der Waals surface area contributed by atoms with E-state index >= 15 is 0 Å². The number of ether oxygens (including phenoxy) is 1. The number of nitrogens with zero attached hydrogens (tertiary/aromatic N) is 3. The number of carbonyl (C=O) groups is 1. The van der Waals surface area contributed by atoms with Gasteiger partial charge in [0.15, 0.2) is 5.69 Å². The number of carbonyl (C=O) groups excluding carboxylic acids is 1. The van der Waals surface area contributed by atoms with Crippen molar-refractivity contribution in [3.63, 3.8) is 0 Å². The van der Waals surface area contributed by atoms with Gasteiger partial charge in [-0.25, -0.2) is 9.48 Å². The van der Waals surface area contributed by atoms with Crippen LogP contribution in [0.1, 0.15) is 55.8 Å². The average molecular weight is 279 g/mol. The molecule has 0 saturated heterocycles. The van der Waals surface area contributed by atoms with E-state index in [1.165, 1.54) is 6.92 Å². The third kappa shape index (κ3) is 3.45. The molecule has 1 aromatic rings. The van der Waals surface area contributed by atoms with E-state index in [4.69, 9.17) is 0 Å². The van der Waals surface area contributed by atoms with Crippen molar-refractivity contribution in [3.05, 3.63) is 11.4 Å². The predicted molar refractivity (Wildman–Crippen MR) is 60.6 cm³/mol. The summed E-state index contributed by atoms with van der Waals surface area (Å²) >= 11 is 0. The van der Waals surface area contributed by atoms with Crippen molar-refractivity contribution in [1.29, 1.82) is 0 Å². The van der Waals surface area contributed by atoms with Gasteiger partial charge in [-0.05, 0) is 20.3 Å². The molecular weight excluding hydrogens is 263 g/mol. The van der Waals surface area contributed by atoms with E-state index in [2.05, 4.69) is 15.0 Å². The topological polar surface area (TPSA) is 57.0 Å². The van der Waals surface area contributed by atoms with Gasteiger partial charge in [0, 0.05) is 0 Å². The molecule has 0 N–H and O–H groups in total. The lowest BCUT2D eigenvalue weighted by Crippen LogP contribution is -2.21. The highest BCUT2D eigenvalue weighted by atomic mass is 19.4. The molecule has 0 aromatic carbocycles. The fraction of sp³-hybridized carbons (Fsp3) is 0.727. The molecule has 0 amide bonds. The molecule has 0 bridgehead atoms. The monoisotopic (exact) mass is 279 g/mol. The summed E-state index contributed by atoms with van der Waals surface area (Å²) in [7, 11) is 0. The number of hydrogen-bond acceptors (Lipinski definition) is 4. The number of alkyl halides is 3. The largest absolute Gasteiger partial charge is 0.461 e. The van der Waals surface area contributed by atoms with Crippen LogP contribution in [-0.2, 0) is 10.9 Å². The highest BCUT2D eigenvalue weighted by Crippen LogP contribution is 2.33. The Labute approximate surface area is 108 Å². The minimum Gasteiger partial charge on any atom is -0.461 e. The van der Waals surface area contributed by atoms with Crippen LogP contribution in [0.5, 0.6) is 0 Å². The van der Waals surface area contributed by atoms with Gasteiger partial charge in [0.05, 0.1) is 12.6 Å². The van der Waals surface area contributed by atoms with Crippen LogP contribution in [-0.4, -0.2) is 27.6 Å². The molecule has 8 heteroatoms. The summed E-state index contributed by atoms with van der Waals surface area (Å²) in [6.45, 7) is 4.94. The zero-order valence-corrected chi connectivity index (χ0v) is 11.0. The molecule has 5 nitrogen and oxygen atoms in total. The highest BCUT2D eigenvalue weighted by molar-refractivity contribution is 5.88. The van der Waals surface area contributed by atoms with Crippen LogP contribution < -0.4 is 0 Å². The number of hydrogen-bond donors (Lipinski definition) is 0. The first-order chi connectivity index (χ1) is 8.82. The van der Waals surface area contributed by atoms with Crippen LogP contribution >= 0.6 is 0 Å². The summed E-state index contributed by atoms with van der Waals surface area (Å²) in [5.74, 6) is -1.11. The Morgan fingerprint density at radius 1 is 1.42 bits per heavy atom. The van der Waals surface area contributed by atoms with E-state index in [-0.39, 0.29) is 6.61 Å². The van der Waals surface area contributed by atoms with Crippen LogP contribution in [0.25, 0.3) is 0 Å². The lowest BCUT2D eigenvalue weighted by molar-refractivity contribution is -0.145. The Morgan fingerprint density at radius 2 is 2.05 bits per heavy atom. The third-order valence-electron chi connectivity index (χ3n) is 2.56. The highest BCUT2D eigenvalue weighted by Gasteiger charge is 2.42. The lowest BCUT2D eigenvalue weighted by Gasteiger charge is -2.15. The summed E-state index contributed by atoms with van der Waals surface area (Å²) in [6.07, 6.45) is -3.49. The van der Waals surface area contributed by atoms with E-state index in [1.54, 1.807) is 6.92 Å². The van der Waals surface area contributed by atoms with E-state index in [0.717, 1.165) is 4.68 Å². The van der Waals surface area contributed by atoms with Crippen molar-refractivity contribution >= 4 is 5.97 Å². The Kier molecular flexibility index (Phi) is 4.90. The van der Waals surface area contributed by atoms with Crippen LogP contribution in [0.15, 0.2) is 0 Å². The maximum Gasteiger partial charge on any atom is 0.435 e. The van der Waals surface area contributed by atoms with Crippen molar-refractivity contribution in [2.75, 3.05) is 6.61 Å². The van der Waals surface area contributed by atoms with Gasteiger partial charge in [-0.3, -0.25) is 0 Å². The molecule has 0 aliphatic rings. The molecule has 1 rings (SSSR count). The first kappa shape index (κ1) is 15.5. The van der Waals surface area contributed by atoms with Gasteiger partial charge in [-0.1, -0.05) is 18.6 Å². The molecule has 0 aliphatic heterocycles. The van der Waals surface area contributed by atoms with Crippen molar-refractivity contribution in [2.24, 2.45) is 0 Å². The Bertz CT molecular complexity index is 443. The van der Waals surface area contributed by atoms with E-state index in [1.807, 2.05) is 6.92 Å². The molecular formula is C11H16F3N3O2. The second kappa shape index (κ2) is 6.03. The fourth-order valence-electron chi connectivity index (χ4n) is 1.74. The van der Waals surface area contributed by atoms with Crippen LogP contribution in [0.3, 0.4) is 0 Å². The second-order valence-corrected chi connectivity index (χ2v) is 4.09. The summed E-state index contributed by atoms with van der Waals surface area (Å²) in [6, 6.07) is -0.489. The van der Waals surface area contributed by atoms with E-state index in [0.29, 0.717) is 12.8 Å². The number of halogens is 3. The zero-order chi connectivity index (χ0) is 14.6. The molecule has 1 unspecified atom stereocenters. The predicted octanol–water partition coefficient (Wildman–Crippen LogP) is 2.83. The zero-order valence-electron chi connectivity index (χ0n) is 11.0. The van der Waals surface area contributed by atoms with E-state index in [9.17, 15) is 18.0 Å². The summed E-state index contributed by atoms with van der Waals surface area (Å²) in [5, 5.41) is 6.77. The number of aromatic nitrogens is 3. The van der Waals surface area contributed by atoms with Gasteiger partial charge in [-0.15, -0.1) is 5.10 Å². The summed E-state index contributed by atoms with van der Waals surface area (Å²) in [5.41, 5.74) is -1.93. The molecule has 108 valence electrons. The second-order valence-electron chi connectivity index (χ2n) is 4.09. The van der Waals surface area contributed by atoms with Crippen LogP contribution in [0, 0.1) is 0 Å². The number of rotatable bonds is 5. The Hall–Kier alpha value is -1.60. The Balaban J connectivity index is 3.24. The van der Waals surface area contributed by atoms with Crippen molar-refractivity contribution < 1.29 is 22.7 Å². The molecule has 1 atom stereocenters. The quantitative estimate of drug-likeness (QED) is 0.778. The average Bonchev–Trinajstić information content (AvgIpc) is 2.73. The molecule has 0 radical (unpaired) electrons. The van der Waals surface area contributed by atoms with Crippen LogP contribution in [0.4, 0.5) is 13.2 Å². The molecule has 0 fully saturated rings.